The van der Waals surface area contributed by atoms with Gasteiger partial charge >= 0.3 is 11.8 Å². The fourth-order valence-corrected chi connectivity index (χ4v) is 3.37. The Kier molecular flexibility index (Phi) is 10.3. The van der Waals surface area contributed by atoms with E-state index in [0.717, 1.165) is 0 Å². The average molecular weight is 559 g/mol. The number of carbonyl (C=O) groups is 3. The fourth-order valence-electron chi connectivity index (χ4n) is 3.02. The molecule has 38 heavy (non-hydrogen) atoms. The number of hydrogen-bond donors (Lipinski definition) is 3. The second-order valence-electron chi connectivity index (χ2n) is 7.46. The number of anilines is 2. The first-order valence-electron chi connectivity index (χ1n) is 11.2. The van der Waals surface area contributed by atoms with Gasteiger partial charge in [-0.3, -0.25) is 14.4 Å². The predicted molar refractivity (Wildman–Crippen MR) is 146 cm³/mol. The van der Waals surface area contributed by atoms with Gasteiger partial charge in [-0.05, 0) is 67.1 Å². The van der Waals surface area contributed by atoms with Crippen molar-refractivity contribution in [2.75, 3.05) is 31.0 Å². The van der Waals surface area contributed by atoms with Gasteiger partial charge in [-0.25, -0.2) is 5.43 Å². The highest BCUT2D eigenvalue weighted by molar-refractivity contribution is 6.45. The Morgan fingerprint density at radius 3 is 2.39 bits per heavy atom. The van der Waals surface area contributed by atoms with E-state index in [-0.39, 0.29) is 28.2 Å². The van der Waals surface area contributed by atoms with Crippen molar-refractivity contribution in [2.45, 2.75) is 6.92 Å². The summed E-state index contributed by atoms with van der Waals surface area (Å²) >= 11 is 11.9. The summed E-state index contributed by atoms with van der Waals surface area (Å²) in [5, 5.41) is 9.21. The lowest BCUT2D eigenvalue weighted by Crippen LogP contribution is -2.32. The van der Waals surface area contributed by atoms with Crippen LogP contribution < -0.4 is 30.3 Å². The van der Waals surface area contributed by atoms with Crippen molar-refractivity contribution in [1.82, 2.24) is 5.43 Å². The molecule has 0 unspecified atom stereocenters. The normalized spacial score (nSPS) is 10.5. The number of methoxy groups -OCH3 is 1. The number of carbonyl (C=O) groups excluding carboxylic acids is 3. The summed E-state index contributed by atoms with van der Waals surface area (Å²) in [6, 6.07) is 16.4. The SMILES string of the molecule is CCOc1ccc(NC(=O)COc2ccc(/C=N\NC(=O)C(=O)Nc3cccc(Cl)c3Cl)cc2OC)cc1. The van der Waals surface area contributed by atoms with Crippen LogP contribution in [-0.2, 0) is 14.4 Å². The third kappa shape index (κ3) is 8.12. The molecule has 0 bridgehead atoms. The second kappa shape index (κ2) is 13.9. The van der Waals surface area contributed by atoms with Crippen LogP contribution in [0.25, 0.3) is 0 Å². The van der Waals surface area contributed by atoms with Crippen LogP contribution in [-0.4, -0.2) is 44.3 Å². The Morgan fingerprint density at radius 1 is 0.921 bits per heavy atom. The minimum Gasteiger partial charge on any atom is -0.494 e. The maximum Gasteiger partial charge on any atom is 0.329 e. The third-order valence-corrected chi connectivity index (χ3v) is 5.60. The van der Waals surface area contributed by atoms with E-state index in [1.165, 1.54) is 19.4 Å². The van der Waals surface area contributed by atoms with Crippen molar-refractivity contribution in [3.63, 3.8) is 0 Å². The van der Waals surface area contributed by atoms with E-state index >= 15 is 0 Å². The molecule has 0 saturated carbocycles. The van der Waals surface area contributed by atoms with Crippen LogP contribution in [0, 0.1) is 0 Å². The molecule has 3 amide bonds. The highest BCUT2D eigenvalue weighted by atomic mass is 35.5. The highest BCUT2D eigenvalue weighted by Crippen LogP contribution is 2.29. The van der Waals surface area contributed by atoms with E-state index in [0.29, 0.717) is 35.1 Å². The molecule has 0 aliphatic rings. The maximum atomic E-state index is 12.3. The largest absolute Gasteiger partial charge is 0.494 e. The van der Waals surface area contributed by atoms with Crippen LogP contribution >= 0.6 is 23.2 Å². The Hall–Kier alpha value is -4.28. The number of hydrazone groups is 1. The van der Waals surface area contributed by atoms with Gasteiger partial charge in [-0.2, -0.15) is 5.10 Å². The van der Waals surface area contributed by atoms with Crippen LogP contribution in [0.15, 0.2) is 65.8 Å². The van der Waals surface area contributed by atoms with E-state index in [4.69, 9.17) is 37.4 Å². The monoisotopic (exact) mass is 558 g/mol. The Morgan fingerprint density at radius 2 is 1.68 bits per heavy atom. The summed E-state index contributed by atoms with van der Waals surface area (Å²) in [4.78, 5) is 36.4. The van der Waals surface area contributed by atoms with E-state index in [2.05, 4.69) is 21.2 Å². The summed E-state index contributed by atoms with van der Waals surface area (Å²) in [5.74, 6) is -0.975. The van der Waals surface area contributed by atoms with Crippen molar-refractivity contribution in [3.05, 3.63) is 76.3 Å². The first kappa shape index (κ1) is 28.3. The molecular weight excluding hydrogens is 535 g/mol. The van der Waals surface area contributed by atoms with Crippen LogP contribution in [0.2, 0.25) is 10.0 Å². The topological polar surface area (TPSA) is 127 Å². The van der Waals surface area contributed by atoms with Gasteiger partial charge < -0.3 is 24.8 Å². The molecule has 0 aliphatic carbocycles. The Labute approximate surface area is 228 Å². The highest BCUT2D eigenvalue weighted by Gasteiger charge is 2.15. The molecule has 10 nitrogen and oxygen atoms in total. The lowest BCUT2D eigenvalue weighted by atomic mass is 10.2. The first-order chi connectivity index (χ1) is 18.3. The zero-order chi connectivity index (χ0) is 27.5. The summed E-state index contributed by atoms with van der Waals surface area (Å²) in [6.45, 7) is 2.19. The van der Waals surface area contributed by atoms with E-state index in [1.54, 1.807) is 54.6 Å². The van der Waals surface area contributed by atoms with Crippen molar-refractivity contribution in [1.29, 1.82) is 0 Å². The molecule has 0 atom stereocenters. The van der Waals surface area contributed by atoms with E-state index in [1.807, 2.05) is 6.92 Å². The first-order valence-corrected chi connectivity index (χ1v) is 12.0. The molecule has 0 heterocycles. The molecule has 0 aliphatic heterocycles. The summed E-state index contributed by atoms with van der Waals surface area (Å²) < 4.78 is 16.3. The van der Waals surface area contributed by atoms with Crippen molar-refractivity contribution in [3.8, 4) is 17.2 Å². The molecule has 0 saturated heterocycles. The maximum absolute atomic E-state index is 12.3. The molecule has 198 valence electrons. The van der Waals surface area contributed by atoms with Gasteiger partial charge in [0.05, 0.1) is 35.7 Å². The second-order valence-corrected chi connectivity index (χ2v) is 8.24. The van der Waals surface area contributed by atoms with Crippen LogP contribution in [0.3, 0.4) is 0 Å². The van der Waals surface area contributed by atoms with Gasteiger partial charge in [0.1, 0.15) is 5.75 Å². The van der Waals surface area contributed by atoms with E-state index < -0.39 is 11.8 Å². The summed E-state index contributed by atoms with van der Waals surface area (Å²) in [7, 11) is 1.44. The van der Waals surface area contributed by atoms with Crippen LogP contribution in [0.1, 0.15) is 12.5 Å². The van der Waals surface area contributed by atoms with Gasteiger partial charge in [-0.15, -0.1) is 0 Å². The number of ether oxygens (including phenoxy) is 3. The molecule has 0 radical (unpaired) electrons. The molecule has 0 fully saturated rings. The molecule has 3 aromatic rings. The lowest BCUT2D eigenvalue weighted by molar-refractivity contribution is -0.136. The van der Waals surface area contributed by atoms with Gasteiger partial charge in [-0.1, -0.05) is 29.3 Å². The molecule has 3 N–H and O–H groups in total. The lowest BCUT2D eigenvalue weighted by Gasteiger charge is -2.12. The number of nitrogens with one attached hydrogen (secondary N) is 3. The smallest absolute Gasteiger partial charge is 0.329 e. The van der Waals surface area contributed by atoms with Crippen LogP contribution in [0.5, 0.6) is 17.2 Å². The number of amides is 3. The predicted octanol–water partition coefficient (Wildman–Crippen LogP) is 4.51. The zero-order valence-electron chi connectivity index (χ0n) is 20.4. The molecule has 3 aromatic carbocycles. The molecule has 0 spiro atoms. The van der Waals surface area contributed by atoms with Crippen molar-refractivity contribution >= 4 is 58.5 Å². The average Bonchev–Trinajstić information content (AvgIpc) is 2.91. The molecule has 12 heteroatoms. The molecular formula is C26H24Cl2N4O6. The van der Waals surface area contributed by atoms with Crippen molar-refractivity contribution in [2.24, 2.45) is 5.10 Å². The molecule has 3 rings (SSSR count). The Balaban J connectivity index is 1.52. The van der Waals surface area contributed by atoms with Crippen LogP contribution in [0.4, 0.5) is 11.4 Å². The number of nitrogens with zero attached hydrogens (tertiary/aromatic N) is 1. The summed E-state index contributed by atoms with van der Waals surface area (Å²) in [5.41, 5.74) is 3.45. The Bertz CT molecular complexity index is 1330. The standard InChI is InChI=1S/C26H24Cl2N4O6/c1-3-37-18-10-8-17(9-11-18)30-23(33)15-38-21-12-7-16(13-22(21)36-2)14-29-32-26(35)25(34)31-20-6-4-5-19(27)24(20)28/h4-14H,3,15H2,1-2H3,(H,30,33)(H,31,34)(H,32,35)/b29-14-. The van der Waals surface area contributed by atoms with Gasteiger partial charge in [0.25, 0.3) is 5.91 Å². The molecule has 0 aromatic heterocycles. The summed E-state index contributed by atoms with van der Waals surface area (Å²) in [6.07, 6.45) is 1.31. The third-order valence-electron chi connectivity index (χ3n) is 4.78. The quantitative estimate of drug-likeness (QED) is 0.191. The van der Waals surface area contributed by atoms with E-state index in [9.17, 15) is 14.4 Å². The zero-order valence-corrected chi connectivity index (χ0v) is 21.9. The minimum absolute atomic E-state index is 0.113. The number of benzene rings is 3. The van der Waals surface area contributed by atoms with Gasteiger partial charge in [0, 0.05) is 5.69 Å². The number of hydrogen-bond acceptors (Lipinski definition) is 7. The van der Waals surface area contributed by atoms with Gasteiger partial charge in [0.15, 0.2) is 18.1 Å². The minimum atomic E-state index is -1.01. The fraction of sp³-hybridized carbons (Fsp3) is 0.154. The van der Waals surface area contributed by atoms with Crippen molar-refractivity contribution < 1.29 is 28.6 Å². The van der Waals surface area contributed by atoms with Gasteiger partial charge in [0.2, 0.25) is 0 Å². The number of rotatable bonds is 10. The number of halogens is 2.